The number of rotatable bonds is 6. The van der Waals surface area contributed by atoms with Gasteiger partial charge < -0.3 is 10.5 Å². The summed E-state index contributed by atoms with van der Waals surface area (Å²) in [6.07, 6.45) is 0. The molecule has 2 atom stereocenters. The Hall–Kier alpha value is -1.77. The molecule has 24 heavy (non-hydrogen) atoms. The van der Waals surface area contributed by atoms with E-state index in [4.69, 9.17) is 14.7 Å². The zero-order valence-corrected chi connectivity index (χ0v) is 13.9. The largest absolute Gasteiger partial charge is 0.375 e. The summed E-state index contributed by atoms with van der Waals surface area (Å²) in [4.78, 5) is 0. The molecule has 7 heteroatoms. The number of ether oxygens (including phenoxy) is 1. The fourth-order valence-electron chi connectivity index (χ4n) is 2.56. The zero-order chi connectivity index (χ0) is 17.0. The molecule has 1 fully saturated rings. The SMILES string of the molecule is N[C@@H](COCc1cccc([C@@H]2COS(=O)(=O)N2)c1)c1ccccc1. The lowest BCUT2D eigenvalue weighted by atomic mass is 10.1. The lowest BCUT2D eigenvalue weighted by Crippen LogP contribution is -2.20. The molecule has 0 radical (unpaired) electrons. The summed E-state index contributed by atoms with van der Waals surface area (Å²) in [5.74, 6) is 0. The van der Waals surface area contributed by atoms with Gasteiger partial charge >= 0.3 is 10.3 Å². The van der Waals surface area contributed by atoms with Gasteiger partial charge in [-0.05, 0) is 16.7 Å². The Labute approximate surface area is 141 Å². The first-order valence-corrected chi connectivity index (χ1v) is 9.08. The highest BCUT2D eigenvalue weighted by molar-refractivity contribution is 7.84. The molecule has 0 spiro atoms. The minimum atomic E-state index is -3.61. The summed E-state index contributed by atoms with van der Waals surface area (Å²) in [7, 11) is -3.61. The summed E-state index contributed by atoms with van der Waals surface area (Å²) in [6.45, 7) is 0.924. The van der Waals surface area contributed by atoms with Crippen molar-refractivity contribution in [2.45, 2.75) is 18.7 Å². The maximum absolute atomic E-state index is 11.3. The Morgan fingerprint density at radius 3 is 2.71 bits per heavy atom. The number of nitrogens with one attached hydrogen (secondary N) is 1. The minimum absolute atomic E-state index is 0.103. The third kappa shape index (κ3) is 4.40. The Balaban J connectivity index is 1.55. The van der Waals surface area contributed by atoms with Gasteiger partial charge in [-0.25, -0.2) is 0 Å². The van der Waals surface area contributed by atoms with Crippen molar-refractivity contribution < 1.29 is 17.3 Å². The molecule has 0 saturated carbocycles. The highest BCUT2D eigenvalue weighted by Gasteiger charge is 2.28. The Morgan fingerprint density at radius 1 is 1.21 bits per heavy atom. The van der Waals surface area contributed by atoms with Gasteiger partial charge in [0, 0.05) is 0 Å². The second-order valence-corrected chi connectivity index (χ2v) is 7.07. The molecule has 1 aliphatic rings. The van der Waals surface area contributed by atoms with Crippen molar-refractivity contribution in [3.8, 4) is 0 Å². The van der Waals surface area contributed by atoms with Crippen molar-refractivity contribution in [2.24, 2.45) is 5.73 Å². The smallest absolute Gasteiger partial charge is 0.336 e. The fraction of sp³-hybridized carbons (Fsp3) is 0.294. The summed E-state index contributed by atoms with van der Waals surface area (Å²) in [5, 5.41) is 0. The van der Waals surface area contributed by atoms with E-state index < -0.39 is 10.3 Å². The predicted molar refractivity (Wildman–Crippen MR) is 90.2 cm³/mol. The van der Waals surface area contributed by atoms with E-state index in [9.17, 15) is 8.42 Å². The first-order valence-electron chi connectivity index (χ1n) is 7.67. The molecule has 1 heterocycles. The Bertz CT molecular complexity index is 780. The van der Waals surface area contributed by atoms with Crippen LogP contribution in [-0.2, 0) is 25.8 Å². The van der Waals surface area contributed by atoms with Gasteiger partial charge in [-0.15, -0.1) is 0 Å². The Morgan fingerprint density at radius 2 is 2.00 bits per heavy atom. The van der Waals surface area contributed by atoms with Gasteiger partial charge in [-0.3, -0.25) is 4.18 Å². The van der Waals surface area contributed by atoms with Crippen LogP contribution in [0, 0.1) is 0 Å². The molecular weight excluding hydrogens is 328 g/mol. The summed E-state index contributed by atoms with van der Waals surface area (Å²) in [5.41, 5.74) is 8.94. The van der Waals surface area contributed by atoms with Crippen molar-refractivity contribution in [1.82, 2.24) is 4.72 Å². The molecule has 0 unspecified atom stereocenters. The predicted octanol–water partition coefficient (Wildman–Crippen LogP) is 1.81. The third-order valence-corrected chi connectivity index (χ3v) is 4.84. The van der Waals surface area contributed by atoms with Crippen LogP contribution in [-0.4, -0.2) is 21.6 Å². The zero-order valence-electron chi connectivity index (χ0n) is 13.1. The van der Waals surface area contributed by atoms with Crippen molar-refractivity contribution in [3.05, 3.63) is 71.3 Å². The van der Waals surface area contributed by atoms with E-state index in [1.807, 2.05) is 54.6 Å². The maximum atomic E-state index is 11.3. The summed E-state index contributed by atoms with van der Waals surface area (Å²) < 4.78 is 35.5. The molecule has 2 aromatic rings. The standard InChI is InChI=1S/C17H20N2O4S/c18-16(14-6-2-1-3-7-14)11-22-10-13-5-4-8-15(9-13)17-12-23-24(20,21)19-17/h1-9,16-17,19H,10-12,18H2/t16-,17-/m0/s1. The Kier molecular flexibility index (Phi) is 5.27. The van der Waals surface area contributed by atoms with Crippen LogP contribution in [0.2, 0.25) is 0 Å². The minimum Gasteiger partial charge on any atom is -0.375 e. The molecule has 1 saturated heterocycles. The highest BCUT2D eigenvalue weighted by Crippen LogP contribution is 2.22. The van der Waals surface area contributed by atoms with Crippen LogP contribution in [0.15, 0.2) is 54.6 Å². The molecule has 0 aliphatic carbocycles. The lowest BCUT2D eigenvalue weighted by Gasteiger charge is -2.13. The number of hydrogen-bond donors (Lipinski definition) is 2. The van der Waals surface area contributed by atoms with Crippen LogP contribution in [0.4, 0.5) is 0 Å². The van der Waals surface area contributed by atoms with E-state index in [1.54, 1.807) is 0 Å². The van der Waals surface area contributed by atoms with E-state index in [0.29, 0.717) is 13.2 Å². The van der Waals surface area contributed by atoms with Crippen LogP contribution in [0.5, 0.6) is 0 Å². The van der Waals surface area contributed by atoms with E-state index >= 15 is 0 Å². The molecule has 0 amide bonds. The van der Waals surface area contributed by atoms with Gasteiger partial charge in [0.15, 0.2) is 0 Å². The van der Waals surface area contributed by atoms with E-state index in [1.165, 1.54) is 0 Å². The number of hydrogen-bond acceptors (Lipinski definition) is 5. The highest BCUT2D eigenvalue weighted by atomic mass is 32.2. The van der Waals surface area contributed by atoms with Gasteiger partial charge in [-0.2, -0.15) is 13.1 Å². The maximum Gasteiger partial charge on any atom is 0.336 e. The van der Waals surface area contributed by atoms with Gasteiger partial charge in [0.1, 0.15) is 0 Å². The van der Waals surface area contributed by atoms with E-state index in [0.717, 1.165) is 16.7 Å². The molecule has 6 nitrogen and oxygen atoms in total. The number of nitrogens with two attached hydrogens (primary N) is 1. The van der Waals surface area contributed by atoms with Crippen molar-refractivity contribution >= 4 is 10.3 Å². The van der Waals surface area contributed by atoms with Gasteiger partial charge in [-0.1, -0.05) is 54.6 Å². The molecule has 3 N–H and O–H groups in total. The number of benzene rings is 2. The first-order chi connectivity index (χ1) is 11.5. The average molecular weight is 348 g/mol. The second-order valence-electron chi connectivity index (χ2n) is 5.69. The lowest BCUT2D eigenvalue weighted by molar-refractivity contribution is 0.108. The monoisotopic (exact) mass is 348 g/mol. The fourth-order valence-corrected chi connectivity index (χ4v) is 3.50. The van der Waals surface area contributed by atoms with Crippen molar-refractivity contribution in [1.29, 1.82) is 0 Å². The van der Waals surface area contributed by atoms with Crippen molar-refractivity contribution in [2.75, 3.05) is 13.2 Å². The summed E-state index contributed by atoms with van der Waals surface area (Å²) >= 11 is 0. The van der Waals surface area contributed by atoms with E-state index in [2.05, 4.69) is 4.72 Å². The summed E-state index contributed by atoms with van der Waals surface area (Å²) in [6, 6.07) is 16.8. The topological polar surface area (TPSA) is 90.7 Å². The van der Waals surface area contributed by atoms with Crippen LogP contribution in [0.1, 0.15) is 28.8 Å². The van der Waals surface area contributed by atoms with Crippen LogP contribution in [0.3, 0.4) is 0 Å². The van der Waals surface area contributed by atoms with Crippen LogP contribution >= 0.6 is 0 Å². The molecular formula is C17H20N2O4S. The van der Waals surface area contributed by atoms with Gasteiger partial charge in [0.2, 0.25) is 0 Å². The van der Waals surface area contributed by atoms with Gasteiger partial charge in [0.25, 0.3) is 0 Å². The van der Waals surface area contributed by atoms with Crippen molar-refractivity contribution in [3.63, 3.8) is 0 Å². The van der Waals surface area contributed by atoms with Gasteiger partial charge in [0.05, 0.1) is 31.9 Å². The molecule has 3 rings (SSSR count). The molecule has 1 aliphatic heterocycles. The molecule has 2 aromatic carbocycles. The normalized spacial score (nSPS) is 20.8. The average Bonchev–Trinajstić information content (AvgIpc) is 2.96. The molecule has 0 aromatic heterocycles. The molecule has 0 bridgehead atoms. The van der Waals surface area contributed by atoms with E-state index in [-0.39, 0.29) is 18.7 Å². The van der Waals surface area contributed by atoms with Crippen LogP contribution < -0.4 is 10.5 Å². The first kappa shape index (κ1) is 17.1. The third-order valence-electron chi connectivity index (χ3n) is 3.82. The molecule has 128 valence electrons. The quantitative estimate of drug-likeness (QED) is 0.831. The van der Waals surface area contributed by atoms with Crippen LogP contribution in [0.25, 0.3) is 0 Å². The second kappa shape index (κ2) is 7.42.